The normalized spacial score (nSPS) is 10.3. The van der Waals surface area contributed by atoms with Crippen LogP contribution in [-0.2, 0) is 6.61 Å². The first kappa shape index (κ1) is 14.4. The molecule has 0 fully saturated rings. The van der Waals surface area contributed by atoms with E-state index in [1.165, 1.54) is 24.3 Å². The van der Waals surface area contributed by atoms with Crippen molar-refractivity contribution in [2.75, 3.05) is 0 Å². The van der Waals surface area contributed by atoms with E-state index in [1.54, 1.807) is 0 Å². The molecule has 4 nitrogen and oxygen atoms in total. The summed E-state index contributed by atoms with van der Waals surface area (Å²) in [5.74, 6) is -1.21. The maximum absolute atomic E-state index is 13.5. The molecular formula is C13H8BrF2NO3. The minimum Gasteiger partial charge on any atom is -0.488 e. The predicted molar refractivity (Wildman–Crippen MR) is 71.5 cm³/mol. The maximum Gasteiger partial charge on any atom is 0.306 e. The van der Waals surface area contributed by atoms with Crippen LogP contribution in [0.2, 0.25) is 0 Å². The molecule has 0 heterocycles. The second-order valence-corrected chi connectivity index (χ2v) is 4.76. The molecule has 0 saturated heterocycles. The highest BCUT2D eigenvalue weighted by molar-refractivity contribution is 9.10. The number of nitro benzene ring substituents is 1. The fraction of sp³-hybridized carbons (Fsp3) is 0.0769. The number of nitro groups is 1. The van der Waals surface area contributed by atoms with E-state index in [0.717, 1.165) is 12.1 Å². The van der Waals surface area contributed by atoms with Gasteiger partial charge in [0.1, 0.15) is 18.2 Å². The van der Waals surface area contributed by atoms with E-state index in [2.05, 4.69) is 15.9 Å². The predicted octanol–water partition coefficient (Wildman–Crippen LogP) is 4.21. The lowest BCUT2D eigenvalue weighted by atomic mass is 10.2. The summed E-state index contributed by atoms with van der Waals surface area (Å²) in [5.41, 5.74) is 0.0584. The third kappa shape index (κ3) is 3.30. The third-order valence-corrected chi connectivity index (χ3v) is 3.13. The van der Waals surface area contributed by atoms with Gasteiger partial charge in [-0.15, -0.1) is 0 Å². The molecule has 0 atom stereocenters. The quantitative estimate of drug-likeness (QED) is 0.617. The molecule has 0 aromatic heterocycles. The monoisotopic (exact) mass is 343 g/mol. The summed E-state index contributed by atoms with van der Waals surface area (Å²) in [6, 6.07) is 7.60. The molecule has 0 bridgehead atoms. The Hall–Kier alpha value is -2.02. The highest BCUT2D eigenvalue weighted by Gasteiger charge is 2.18. The minimum absolute atomic E-state index is 0.0934. The van der Waals surface area contributed by atoms with Crippen LogP contribution in [0.1, 0.15) is 5.56 Å². The highest BCUT2D eigenvalue weighted by Crippen LogP contribution is 2.32. The van der Waals surface area contributed by atoms with Crippen molar-refractivity contribution in [1.82, 2.24) is 0 Å². The van der Waals surface area contributed by atoms with Crippen molar-refractivity contribution in [2.45, 2.75) is 6.61 Å². The first-order chi connectivity index (χ1) is 9.47. The fourth-order valence-electron chi connectivity index (χ4n) is 1.51. The molecule has 2 rings (SSSR count). The van der Waals surface area contributed by atoms with Gasteiger partial charge in [0.25, 0.3) is 0 Å². The van der Waals surface area contributed by atoms with E-state index in [9.17, 15) is 18.9 Å². The van der Waals surface area contributed by atoms with Crippen molar-refractivity contribution in [3.8, 4) is 5.75 Å². The van der Waals surface area contributed by atoms with Crippen molar-refractivity contribution in [3.05, 3.63) is 68.2 Å². The Morgan fingerprint density at radius 2 is 1.85 bits per heavy atom. The summed E-state index contributed by atoms with van der Waals surface area (Å²) in [6.07, 6.45) is 0. The Morgan fingerprint density at radius 1 is 1.20 bits per heavy atom. The van der Waals surface area contributed by atoms with Crippen LogP contribution in [0.25, 0.3) is 0 Å². The van der Waals surface area contributed by atoms with Crippen LogP contribution in [-0.4, -0.2) is 4.92 Å². The van der Waals surface area contributed by atoms with Crippen LogP contribution < -0.4 is 4.74 Å². The molecule has 2 aromatic rings. The van der Waals surface area contributed by atoms with Gasteiger partial charge in [0.2, 0.25) is 5.82 Å². The van der Waals surface area contributed by atoms with Crippen LogP contribution in [0, 0.1) is 21.7 Å². The number of benzene rings is 2. The van der Waals surface area contributed by atoms with Crippen LogP contribution in [0.5, 0.6) is 5.75 Å². The van der Waals surface area contributed by atoms with Crippen molar-refractivity contribution < 1.29 is 18.4 Å². The number of ether oxygens (including phenoxy) is 1. The average Bonchev–Trinajstić information content (AvgIpc) is 2.41. The first-order valence-electron chi connectivity index (χ1n) is 5.48. The molecule has 0 unspecified atom stereocenters. The topological polar surface area (TPSA) is 52.4 Å². The molecule has 0 radical (unpaired) electrons. The Balaban J connectivity index is 2.16. The molecule has 0 aliphatic heterocycles. The van der Waals surface area contributed by atoms with Gasteiger partial charge in [0, 0.05) is 12.1 Å². The molecule has 7 heteroatoms. The SMILES string of the molecule is O=[N+]([O-])c1cc(Br)c(OCc2ccc(F)cc2)cc1F. The second kappa shape index (κ2) is 5.96. The maximum atomic E-state index is 13.5. The smallest absolute Gasteiger partial charge is 0.306 e. The van der Waals surface area contributed by atoms with E-state index in [-0.39, 0.29) is 22.6 Å². The Bertz CT molecular complexity index is 647. The van der Waals surface area contributed by atoms with E-state index in [4.69, 9.17) is 4.74 Å². The van der Waals surface area contributed by atoms with Crippen molar-refractivity contribution in [1.29, 1.82) is 0 Å². The van der Waals surface area contributed by atoms with Crippen molar-refractivity contribution >= 4 is 21.6 Å². The molecule has 0 spiro atoms. The molecule has 0 aliphatic carbocycles. The molecule has 0 amide bonds. The molecule has 104 valence electrons. The summed E-state index contributed by atoms with van der Waals surface area (Å²) in [5, 5.41) is 10.6. The number of nitrogens with zero attached hydrogens (tertiary/aromatic N) is 1. The van der Waals surface area contributed by atoms with Gasteiger partial charge in [0.05, 0.1) is 9.40 Å². The van der Waals surface area contributed by atoms with Gasteiger partial charge in [-0.2, -0.15) is 4.39 Å². The first-order valence-corrected chi connectivity index (χ1v) is 6.27. The largest absolute Gasteiger partial charge is 0.488 e. The molecular weight excluding hydrogens is 336 g/mol. The minimum atomic E-state index is -0.979. The fourth-order valence-corrected chi connectivity index (χ4v) is 1.96. The summed E-state index contributed by atoms with van der Waals surface area (Å²) in [7, 11) is 0. The van der Waals surface area contributed by atoms with E-state index in [0.29, 0.717) is 5.56 Å². The molecule has 0 saturated carbocycles. The molecule has 0 aliphatic rings. The number of halogens is 3. The Labute approximate surface area is 121 Å². The van der Waals surface area contributed by atoms with Gasteiger partial charge in [-0.25, -0.2) is 4.39 Å². The number of hydrogen-bond donors (Lipinski definition) is 0. The molecule has 0 N–H and O–H groups in total. The zero-order valence-corrected chi connectivity index (χ0v) is 11.6. The standard InChI is InChI=1S/C13H8BrF2NO3/c14-10-5-12(17(18)19)11(16)6-13(10)20-7-8-1-3-9(15)4-2-8/h1-6H,7H2. The summed E-state index contributed by atoms with van der Waals surface area (Å²) in [4.78, 5) is 9.75. The van der Waals surface area contributed by atoms with Gasteiger partial charge in [-0.1, -0.05) is 12.1 Å². The lowest BCUT2D eigenvalue weighted by molar-refractivity contribution is -0.387. The van der Waals surface area contributed by atoms with Crippen LogP contribution >= 0.6 is 15.9 Å². The van der Waals surface area contributed by atoms with Gasteiger partial charge in [-0.3, -0.25) is 10.1 Å². The third-order valence-electron chi connectivity index (χ3n) is 2.51. The van der Waals surface area contributed by atoms with Crippen LogP contribution in [0.15, 0.2) is 40.9 Å². The second-order valence-electron chi connectivity index (χ2n) is 3.91. The average molecular weight is 344 g/mol. The van der Waals surface area contributed by atoms with Crippen molar-refractivity contribution in [3.63, 3.8) is 0 Å². The van der Waals surface area contributed by atoms with E-state index in [1.807, 2.05) is 0 Å². The Kier molecular flexibility index (Phi) is 4.29. The van der Waals surface area contributed by atoms with Crippen LogP contribution in [0.3, 0.4) is 0 Å². The van der Waals surface area contributed by atoms with Gasteiger partial charge < -0.3 is 4.74 Å². The Morgan fingerprint density at radius 3 is 2.45 bits per heavy atom. The zero-order valence-electron chi connectivity index (χ0n) is 9.98. The van der Waals surface area contributed by atoms with E-state index >= 15 is 0 Å². The highest BCUT2D eigenvalue weighted by atomic mass is 79.9. The van der Waals surface area contributed by atoms with Gasteiger partial charge >= 0.3 is 5.69 Å². The lowest BCUT2D eigenvalue weighted by Crippen LogP contribution is -1.99. The molecule has 20 heavy (non-hydrogen) atoms. The zero-order chi connectivity index (χ0) is 14.7. The summed E-state index contributed by atoms with van der Waals surface area (Å²) < 4.78 is 31.8. The number of hydrogen-bond acceptors (Lipinski definition) is 3. The van der Waals surface area contributed by atoms with Crippen molar-refractivity contribution in [2.24, 2.45) is 0 Å². The summed E-state index contributed by atoms with van der Waals surface area (Å²) in [6.45, 7) is 0.0934. The van der Waals surface area contributed by atoms with E-state index < -0.39 is 16.4 Å². The molecule has 2 aromatic carbocycles. The number of rotatable bonds is 4. The van der Waals surface area contributed by atoms with Crippen LogP contribution in [0.4, 0.5) is 14.5 Å². The summed E-state index contributed by atoms with van der Waals surface area (Å²) >= 11 is 3.08. The van der Waals surface area contributed by atoms with Gasteiger partial charge in [-0.05, 0) is 33.6 Å². The lowest BCUT2D eigenvalue weighted by Gasteiger charge is -2.08. The van der Waals surface area contributed by atoms with Gasteiger partial charge in [0.15, 0.2) is 0 Å².